The number of nitrogens with zero attached hydrogens (tertiary/aromatic N) is 1. The first-order chi connectivity index (χ1) is 9.29. The predicted octanol–water partition coefficient (Wildman–Crippen LogP) is 0.616. The molecule has 1 rings (SSSR count). The first-order valence-corrected chi connectivity index (χ1v) is 6.39. The number of rotatable bonds is 5. The Balaban J connectivity index is 3.10. The second-order valence-electron chi connectivity index (χ2n) is 4.81. The Kier molecular flexibility index (Phi) is 5.01. The summed E-state index contributed by atoms with van der Waals surface area (Å²) in [6, 6.07) is -1.03. The summed E-state index contributed by atoms with van der Waals surface area (Å²) in [5, 5.41) is 17.5. The lowest BCUT2D eigenvalue weighted by Gasteiger charge is -2.20. The van der Waals surface area contributed by atoms with Crippen LogP contribution < -0.4 is 10.9 Å². The molecule has 0 saturated heterocycles. The lowest BCUT2D eigenvalue weighted by atomic mass is 9.98. The minimum Gasteiger partial charge on any atom is -0.480 e. The Bertz CT molecular complexity index is 579. The summed E-state index contributed by atoms with van der Waals surface area (Å²) < 4.78 is 0. The number of aromatic nitrogens is 2. The summed E-state index contributed by atoms with van der Waals surface area (Å²) in [5.41, 5.74) is 0.246. The van der Waals surface area contributed by atoms with Gasteiger partial charge in [-0.25, -0.2) is 9.89 Å². The Morgan fingerprint density at radius 1 is 1.40 bits per heavy atom. The highest BCUT2D eigenvalue weighted by molar-refractivity contribution is 5.97. The molecule has 1 amide bonds. The van der Waals surface area contributed by atoms with Gasteiger partial charge in [-0.2, -0.15) is 5.10 Å². The second-order valence-corrected chi connectivity index (χ2v) is 4.81. The third kappa shape index (κ3) is 3.23. The van der Waals surface area contributed by atoms with E-state index in [2.05, 4.69) is 15.5 Å². The Morgan fingerprint density at radius 2 is 2.00 bits per heavy atom. The highest BCUT2D eigenvalue weighted by atomic mass is 16.4. The lowest BCUT2D eigenvalue weighted by molar-refractivity contribution is -0.140. The average molecular weight is 281 g/mol. The van der Waals surface area contributed by atoms with Gasteiger partial charge >= 0.3 is 5.97 Å². The minimum atomic E-state index is -1.12. The Labute approximate surface area is 116 Å². The minimum absolute atomic E-state index is 0.0907. The van der Waals surface area contributed by atoms with E-state index in [9.17, 15) is 14.4 Å². The largest absolute Gasteiger partial charge is 0.480 e. The van der Waals surface area contributed by atoms with Crippen LogP contribution in [0.25, 0.3) is 0 Å². The number of carboxylic acids is 1. The zero-order chi connectivity index (χ0) is 15.4. The number of H-pyrrole nitrogens is 1. The molecule has 7 heteroatoms. The third-order valence-corrected chi connectivity index (χ3v) is 3.46. The molecular formula is C13H19N3O4. The van der Waals surface area contributed by atoms with Crippen molar-refractivity contribution in [3.05, 3.63) is 27.2 Å². The van der Waals surface area contributed by atoms with Crippen LogP contribution in [0.4, 0.5) is 0 Å². The predicted molar refractivity (Wildman–Crippen MR) is 72.7 cm³/mol. The number of aryl methyl sites for hydroxylation is 1. The van der Waals surface area contributed by atoms with Crippen LogP contribution in [0.15, 0.2) is 4.79 Å². The van der Waals surface area contributed by atoms with Gasteiger partial charge in [0.25, 0.3) is 11.5 Å². The molecule has 7 nitrogen and oxygen atoms in total. The van der Waals surface area contributed by atoms with Crippen LogP contribution in [-0.2, 0) is 4.79 Å². The highest BCUT2D eigenvalue weighted by Crippen LogP contribution is 2.10. The van der Waals surface area contributed by atoms with Crippen LogP contribution in [0.2, 0.25) is 0 Å². The van der Waals surface area contributed by atoms with Gasteiger partial charge in [0.1, 0.15) is 11.6 Å². The summed E-state index contributed by atoms with van der Waals surface area (Å²) in [4.78, 5) is 35.0. The Morgan fingerprint density at radius 3 is 2.50 bits per heavy atom. The zero-order valence-electron chi connectivity index (χ0n) is 12.0. The van der Waals surface area contributed by atoms with Crippen LogP contribution >= 0.6 is 0 Å². The van der Waals surface area contributed by atoms with Gasteiger partial charge in [0, 0.05) is 0 Å². The topological polar surface area (TPSA) is 112 Å². The summed E-state index contributed by atoms with van der Waals surface area (Å²) >= 11 is 0. The van der Waals surface area contributed by atoms with Crippen molar-refractivity contribution in [2.45, 2.75) is 40.2 Å². The first-order valence-electron chi connectivity index (χ1n) is 6.39. The van der Waals surface area contributed by atoms with Gasteiger partial charge in [0.15, 0.2) is 0 Å². The number of hydrogen-bond donors (Lipinski definition) is 3. The number of aromatic amines is 1. The fourth-order valence-corrected chi connectivity index (χ4v) is 1.80. The number of hydrogen-bond acceptors (Lipinski definition) is 4. The van der Waals surface area contributed by atoms with Crippen molar-refractivity contribution in [3.63, 3.8) is 0 Å². The maximum atomic E-state index is 12.2. The molecule has 1 aromatic heterocycles. The van der Waals surface area contributed by atoms with E-state index >= 15 is 0 Å². The molecule has 0 saturated carbocycles. The normalized spacial score (nSPS) is 13.6. The molecule has 1 heterocycles. The highest BCUT2D eigenvalue weighted by Gasteiger charge is 2.27. The van der Waals surface area contributed by atoms with E-state index in [1.807, 2.05) is 6.92 Å². The van der Waals surface area contributed by atoms with Gasteiger partial charge < -0.3 is 10.4 Å². The first kappa shape index (κ1) is 15.9. The van der Waals surface area contributed by atoms with E-state index in [-0.39, 0.29) is 11.5 Å². The van der Waals surface area contributed by atoms with Gasteiger partial charge in [-0.1, -0.05) is 20.3 Å². The van der Waals surface area contributed by atoms with Crippen LogP contribution in [0.1, 0.15) is 41.9 Å². The molecule has 0 aliphatic rings. The zero-order valence-corrected chi connectivity index (χ0v) is 12.0. The van der Waals surface area contributed by atoms with Gasteiger partial charge in [0.2, 0.25) is 0 Å². The number of carbonyl (C=O) groups excluding carboxylic acids is 1. The van der Waals surface area contributed by atoms with E-state index in [1.54, 1.807) is 20.8 Å². The maximum Gasteiger partial charge on any atom is 0.326 e. The molecule has 3 N–H and O–H groups in total. The van der Waals surface area contributed by atoms with E-state index < -0.39 is 23.5 Å². The molecule has 0 bridgehead atoms. The van der Waals surface area contributed by atoms with Gasteiger partial charge in [-0.15, -0.1) is 0 Å². The fraction of sp³-hybridized carbons (Fsp3) is 0.538. The number of carbonyl (C=O) groups is 2. The van der Waals surface area contributed by atoms with E-state index in [0.717, 1.165) is 0 Å². The summed E-state index contributed by atoms with van der Waals surface area (Å²) in [6.45, 7) is 6.83. The summed E-state index contributed by atoms with van der Waals surface area (Å²) in [6.07, 6.45) is 0.599. The van der Waals surface area contributed by atoms with Crippen molar-refractivity contribution in [2.75, 3.05) is 0 Å². The third-order valence-electron chi connectivity index (χ3n) is 3.46. The molecule has 2 atom stereocenters. The molecule has 0 aliphatic heterocycles. The molecule has 0 aromatic carbocycles. The number of carboxylic acid groups (broad SMARTS) is 1. The molecule has 20 heavy (non-hydrogen) atoms. The molecule has 1 unspecified atom stereocenters. The molecule has 0 aliphatic carbocycles. The standard InChI is InChI=1S/C13H19N3O4/c1-5-6(2)10(13(19)20)14-11(17)9-7(3)8(4)15-16-12(9)18/h6,10H,5H2,1-4H3,(H,14,17)(H,16,18)(H,19,20)/t6?,10-/m0/s1. The van der Waals surface area contributed by atoms with Gasteiger partial charge in [-0.3, -0.25) is 9.59 Å². The smallest absolute Gasteiger partial charge is 0.326 e. The molecular weight excluding hydrogens is 262 g/mol. The second kappa shape index (κ2) is 6.31. The average Bonchev–Trinajstić information content (AvgIpc) is 2.39. The van der Waals surface area contributed by atoms with Gasteiger partial charge in [-0.05, 0) is 25.3 Å². The fourth-order valence-electron chi connectivity index (χ4n) is 1.80. The van der Waals surface area contributed by atoms with Gasteiger partial charge in [0.05, 0.1) is 5.69 Å². The molecule has 0 radical (unpaired) electrons. The number of aliphatic carboxylic acids is 1. The van der Waals surface area contributed by atoms with Crippen LogP contribution in [0.5, 0.6) is 0 Å². The van der Waals surface area contributed by atoms with Crippen LogP contribution in [0, 0.1) is 19.8 Å². The maximum absolute atomic E-state index is 12.2. The Hall–Kier alpha value is -2.18. The quantitative estimate of drug-likeness (QED) is 0.732. The van der Waals surface area contributed by atoms with E-state index in [4.69, 9.17) is 5.11 Å². The molecule has 0 fully saturated rings. The summed E-state index contributed by atoms with van der Waals surface area (Å²) in [5.74, 6) is -2.05. The lowest BCUT2D eigenvalue weighted by Crippen LogP contribution is -2.46. The van der Waals surface area contributed by atoms with Crippen LogP contribution in [-0.4, -0.2) is 33.2 Å². The monoisotopic (exact) mass is 281 g/mol. The molecule has 0 spiro atoms. The molecule has 110 valence electrons. The van der Waals surface area contributed by atoms with Crippen LogP contribution in [0.3, 0.4) is 0 Å². The van der Waals surface area contributed by atoms with Crippen molar-refractivity contribution in [1.29, 1.82) is 0 Å². The summed E-state index contributed by atoms with van der Waals surface area (Å²) in [7, 11) is 0. The number of nitrogens with one attached hydrogen (secondary N) is 2. The SMILES string of the molecule is CCC(C)[C@H](NC(=O)c1c(C)c(C)n[nH]c1=O)C(=O)O. The van der Waals surface area contributed by atoms with E-state index in [0.29, 0.717) is 17.7 Å². The number of amides is 1. The van der Waals surface area contributed by atoms with Crippen molar-refractivity contribution < 1.29 is 14.7 Å². The molecule has 1 aromatic rings. The van der Waals surface area contributed by atoms with E-state index in [1.165, 1.54) is 0 Å². The van der Waals surface area contributed by atoms with Crippen molar-refractivity contribution >= 4 is 11.9 Å². The van der Waals surface area contributed by atoms with Crippen molar-refractivity contribution in [3.8, 4) is 0 Å². The van der Waals surface area contributed by atoms with Crippen molar-refractivity contribution in [2.24, 2.45) is 5.92 Å². The van der Waals surface area contributed by atoms with Crippen molar-refractivity contribution in [1.82, 2.24) is 15.5 Å².